The molecule has 0 amide bonds. The number of aryl methyl sites for hydroxylation is 1. The number of hydrogen-bond donors (Lipinski definition) is 1. The third kappa shape index (κ3) is 2.68. The maximum Gasteiger partial charge on any atom is 0.127 e. The number of rotatable bonds is 5. The van der Waals surface area contributed by atoms with E-state index in [1.165, 1.54) is 22.3 Å². The number of hydrogen-bond acceptors (Lipinski definition) is 2. The van der Waals surface area contributed by atoms with Gasteiger partial charge in [-0.2, -0.15) is 0 Å². The fourth-order valence-electron chi connectivity index (χ4n) is 3.20. The van der Waals surface area contributed by atoms with Crippen LogP contribution in [0, 0.1) is 0 Å². The Morgan fingerprint density at radius 3 is 2.67 bits per heavy atom. The minimum absolute atomic E-state index is 0.208. The standard InChI is InChI=1S/C19H23NO/c1-3-14-8-5-6-10-16(14)18(20-4-2)17-11-7-9-15-12-13-21-19(15)17/h5-11,18,20H,3-4,12-13H2,1-2H3. The summed E-state index contributed by atoms with van der Waals surface area (Å²) in [5.41, 5.74) is 5.38. The molecule has 21 heavy (non-hydrogen) atoms. The van der Waals surface area contributed by atoms with E-state index in [0.717, 1.165) is 31.7 Å². The summed E-state index contributed by atoms with van der Waals surface area (Å²) in [7, 11) is 0. The molecule has 1 unspecified atom stereocenters. The number of fused-ring (bicyclic) bond motifs is 1. The monoisotopic (exact) mass is 281 g/mol. The van der Waals surface area contributed by atoms with Crippen molar-refractivity contribution in [2.75, 3.05) is 13.2 Å². The second kappa shape index (κ2) is 6.31. The zero-order valence-corrected chi connectivity index (χ0v) is 12.9. The number of ether oxygens (including phenoxy) is 1. The molecule has 0 bridgehead atoms. The smallest absolute Gasteiger partial charge is 0.127 e. The van der Waals surface area contributed by atoms with Crippen LogP contribution in [0.4, 0.5) is 0 Å². The lowest BCUT2D eigenvalue weighted by molar-refractivity contribution is 0.350. The Hall–Kier alpha value is -1.80. The van der Waals surface area contributed by atoms with Gasteiger partial charge in [0.15, 0.2) is 0 Å². The molecule has 0 aromatic heterocycles. The van der Waals surface area contributed by atoms with Gasteiger partial charge >= 0.3 is 0 Å². The summed E-state index contributed by atoms with van der Waals surface area (Å²) in [5.74, 6) is 1.09. The molecule has 1 aliphatic heterocycles. The molecule has 2 heteroatoms. The van der Waals surface area contributed by atoms with E-state index in [1.807, 2.05) is 0 Å². The summed E-state index contributed by atoms with van der Waals surface area (Å²) in [5, 5.41) is 3.64. The van der Waals surface area contributed by atoms with Gasteiger partial charge in [-0.1, -0.05) is 56.3 Å². The van der Waals surface area contributed by atoms with Crippen molar-refractivity contribution < 1.29 is 4.74 Å². The fraction of sp³-hybridized carbons (Fsp3) is 0.368. The van der Waals surface area contributed by atoms with Crippen LogP contribution in [0.5, 0.6) is 5.75 Å². The van der Waals surface area contributed by atoms with E-state index in [2.05, 4.69) is 61.6 Å². The Kier molecular flexibility index (Phi) is 4.26. The molecule has 0 fully saturated rings. The van der Waals surface area contributed by atoms with Crippen molar-refractivity contribution in [2.24, 2.45) is 0 Å². The molecule has 0 aliphatic carbocycles. The van der Waals surface area contributed by atoms with Crippen LogP contribution >= 0.6 is 0 Å². The van der Waals surface area contributed by atoms with Crippen molar-refractivity contribution in [1.29, 1.82) is 0 Å². The fourth-order valence-corrected chi connectivity index (χ4v) is 3.20. The molecule has 2 nitrogen and oxygen atoms in total. The van der Waals surface area contributed by atoms with Gasteiger partial charge in [0.2, 0.25) is 0 Å². The number of nitrogens with one attached hydrogen (secondary N) is 1. The lowest BCUT2D eigenvalue weighted by Crippen LogP contribution is -2.23. The lowest BCUT2D eigenvalue weighted by Gasteiger charge is -2.23. The van der Waals surface area contributed by atoms with Gasteiger partial charge in [0.25, 0.3) is 0 Å². The van der Waals surface area contributed by atoms with Crippen molar-refractivity contribution in [3.05, 3.63) is 64.7 Å². The van der Waals surface area contributed by atoms with Crippen LogP contribution in [0.3, 0.4) is 0 Å². The number of benzene rings is 2. The molecule has 3 rings (SSSR count). The van der Waals surface area contributed by atoms with Crippen LogP contribution in [0.25, 0.3) is 0 Å². The van der Waals surface area contributed by atoms with E-state index in [-0.39, 0.29) is 6.04 Å². The summed E-state index contributed by atoms with van der Waals surface area (Å²) in [6.07, 6.45) is 2.07. The van der Waals surface area contributed by atoms with Gasteiger partial charge in [-0.15, -0.1) is 0 Å². The van der Waals surface area contributed by atoms with Crippen LogP contribution in [-0.2, 0) is 12.8 Å². The lowest BCUT2D eigenvalue weighted by atomic mass is 9.91. The highest BCUT2D eigenvalue weighted by Crippen LogP contribution is 2.37. The Morgan fingerprint density at radius 1 is 1.05 bits per heavy atom. The maximum absolute atomic E-state index is 5.91. The van der Waals surface area contributed by atoms with Crippen molar-refractivity contribution in [1.82, 2.24) is 5.32 Å². The summed E-state index contributed by atoms with van der Waals surface area (Å²) in [6, 6.07) is 15.5. The predicted molar refractivity (Wildman–Crippen MR) is 87.0 cm³/mol. The summed E-state index contributed by atoms with van der Waals surface area (Å²) in [6.45, 7) is 6.12. The molecule has 0 saturated heterocycles. The molecule has 0 spiro atoms. The maximum atomic E-state index is 5.91. The molecular weight excluding hydrogens is 258 g/mol. The molecule has 0 radical (unpaired) electrons. The molecule has 1 N–H and O–H groups in total. The van der Waals surface area contributed by atoms with Crippen LogP contribution in [0.1, 0.15) is 42.1 Å². The number of para-hydroxylation sites is 1. The van der Waals surface area contributed by atoms with Crippen LogP contribution < -0.4 is 10.1 Å². The zero-order chi connectivity index (χ0) is 14.7. The topological polar surface area (TPSA) is 21.3 Å². The van der Waals surface area contributed by atoms with Gasteiger partial charge in [-0.3, -0.25) is 0 Å². The normalized spacial score (nSPS) is 14.6. The molecule has 1 heterocycles. The Morgan fingerprint density at radius 2 is 1.86 bits per heavy atom. The van der Waals surface area contributed by atoms with Crippen molar-refractivity contribution in [2.45, 2.75) is 32.7 Å². The third-order valence-corrected chi connectivity index (χ3v) is 4.21. The van der Waals surface area contributed by atoms with Gasteiger partial charge in [-0.05, 0) is 29.7 Å². The average Bonchev–Trinajstić information content (AvgIpc) is 3.01. The first-order valence-corrected chi connectivity index (χ1v) is 7.91. The SMILES string of the molecule is CCNC(c1ccccc1CC)c1cccc2c1OCC2. The molecule has 2 aromatic rings. The van der Waals surface area contributed by atoms with E-state index >= 15 is 0 Å². The van der Waals surface area contributed by atoms with Crippen LogP contribution in [0.15, 0.2) is 42.5 Å². The van der Waals surface area contributed by atoms with Crippen molar-refractivity contribution in [3.63, 3.8) is 0 Å². The molecular formula is C19H23NO. The molecule has 1 atom stereocenters. The second-order valence-corrected chi connectivity index (χ2v) is 5.48. The summed E-state index contributed by atoms with van der Waals surface area (Å²) in [4.78, 5) is 0. The first kappa shape index (κ1) is 14.2. The largest absolute Gasteiger partial charge is 0.493 e. The predicted octanol–water partition coefficient (Wildman–Crippen LogP) is 3.88. The Bertz CT molecular complexity index is 621. The quantitative estimate of drug-likeness (QED) is 0.898. The molecule has 1 aliphatic rings. The molecule has 110 valence electrons. The molecule has 2 aromatic carbocycles. The highest BCUT2D eigenvalue weighted by Gasteiger charge is 2.23. The zero-order valence-electron chi connectivity index (χ0n) is 12.9. The first-order chi connectivity index (χ1) is 10.3. The van der Waals surface area contributed by atoms with Gasteiger partial charge in [0, 0.05) is 12.0 Å². The molecule has 0 saturated carbocycles. The minimum Gasteiger partial charge on any atom is -0.493 e. The van der Waals surface area contributed by atoms with Gasteiger partial charge in [0.1, 0.15) is 5.75 Å². The van der Waals surface area contributed by atoms with Crippen LogP contribution in [0.2, 0.25) is 0 Å². The van der Waals surface area contributed by atoms with E-state index in [9.17, 15) is 0 Å². The second-order valence-electron chi connectivity index (χ2n) is 5.48. The van der Waals surface area contributed by atoms with Crippen molar-refractivity contribution in [3.8, 4) is 5.75 Å². The van der Waals surface area contributed by atoms with E-state index in [4.69, 9.17) is 4.74 Å². The first-order valence-electron chi connectivity index (χ1n) is 7.91. The van der Waals surface area contributed by atoms with E-state index in [1.54, 1.807) is 0 Å². The van der Waals surface area contributed by atoms with Gasteiger partial charge < -0.3 is 10.1 Å². The Balaban J connectivity index is 2.09. The van der Waals surface area contributed by atoms with Crippen LogP contribution in [-0.4, -0.2) is 13.2 Å². The van der Waals surface area contributed by atoms with Crippen molar-refractivity contribution >= 4 is 0 Å². The average molecular weight is 281 g/mol. The highest BCUT2D eigenvalue weighted by atomic mass is 16.5. The third-order valence-electron chi connectivity index (χ3n) is 4.21. The summed E-state index contributed by atoms with van der Waals surface area (Å²) >= 11 is 0. The Labute approximate surface area is 127 Å². The van der Waals surface area contributed by atoms with Gasteiger partial charge in [0.05, 0.1) is 12.6 Å². The van der Waals surface area contributed by atoms with E-state index in [0.29, 0.717) is 0 Å². The summed E-state index contributed by atoms with van der Waals surface area (Å²) < 4.78 is 5.91. The van der Waals surface area contributed by atoms with E-state index < -0.39 is 0 Å². The highest BCUT2D eigenvalue weighted by molar-refractivity contribution is 5.50. The minimum atomic E-state index is 0.208. The van der Waals surface area contributed by atoms with Gasteiger partial charge in [-0.25, -0.2) is 0 Å².